The molecule has 1 N–H and O–H groups in total. The van der Waals surface area contributed by atoms with Gasteiger partial charge in [-0.15, -0.1) is 0 Å². The van der Waals surface area contributed by atoms with Gasteiger partial charge < -0.3 is 5.32 Å². The van der Waals surface area contributed by atoms with E-state index in [1.807, 2.05) is 6.08 Å². The summed E-state index contributed by atoms with van der Waals surface area (Å²) in [6.45, 7) is 0.927. The lowest BCUT2D eigenvalue weighted by atomic mass is 9.58. The standard InChI is InChI=1S/C16H15NO/c18-15-7-3-6-13-14-10-11-4-1-2-5-12(11)16(13,15)8-9-17-14/h1-7,14,17H,8-10H2/t14-,16-/m1/s1. The molecule has 90 valence electrons. The zero-order valence-electron chi connectivity index (χ0n) is 10.1. The zero-order chi connectivity index (χ0) is 12.2. The van der Waals surface area contributed by atoms with Crippen LogP contribution in [0.15, 0.2) is 48.1 Å². The third-order valence-electron chi connectivity index (χ3n) is 4.60. The minimum atomic E-state index is -0.362. The van der Waals surface area contributed by atoms with Gasteiger partial charge in [-0.2, -0.15) is 0 Å². The van der Waals surface area contributed by atoms with E-state index in [-0.39, 0.29) is 11.2 Å². The predicted octanol–water partition coefficient (Wildman–Crippen LogP) is 1.91. The monoisotopic (exact) mass is 237 g/mol. The van der Waals surface area contributed by atoms with Gasteiger partial charge in [0.05, 0.1) is 5.41 Å². The van der Waals surface area contributed by atoms with E-state index in [1.54, 1.807) is 6.08 Å². The highest BCUT2D eigenvalue weighted by Gasteiger charge is 2.51. The van der Waals surface area contributed by atoms with Gasteiger partial charge >= 0.3 is 0 Å². The van der Waals surface area contributed by atoms with Crippen LogP contribution in [0.5, 0.6) is 0 Å². The molecule has 3 aliphatic rings. The topological polar surface area (TPSA) is 29.1 Å². The van der Waals surface area contributed by atoms with E-state index in [0.717, 1.165) is 19.4 Å². The maximum absolute atomic E-state index is 12.6. The third-order valence-corrected chi connectivity index (χ3v) is 4.60. The SMILES string of the molecule is O=C1C=CC=C2[C@H]3Cc4ccccc4[C@@]12CCN3. The molecule has 1 fully saturated rings. The highest BCUT2D eigenvalue weighted by Crippen LogP contribution is 2.48. The van der Waals surface area contributed by atoms with Crippen LogP contribution in [0.25, 0.3) is 0 Å². The van der Waals surface area contributed by atoms with Gasteiger partial charge in [0.2, 0.25) is 0 Å². The van der Waals surface area contributed by atoms with Crippen LogP contribution in [0.3, 0.4) is 0 Å². The number of rotatable bonds is 0. The summed E-state index contributed by atoms with van der Waals surface area (Å²) in [4.78, 5) is 12.6. The fourth-order valence-electron chi connectivity index (χ4n) is 3.83. The van der Waals surface area contributed by atoms with Gasteiger partial charge in [0.15, 0.2) is 5.78 Å². The van der Waals surface area contributed by atoms with Crippen molar-refractivity contribution in [3.63, 3.8) is 0 Å². The van der Waals surface area contributed by atoms with E-state index in [2.05, 4.69) is 35.7 Å². The summed E-state index contributed by atoms with van der Waals surface area (Å²) >= 11 is 0. The van der Waals surface area contributed by atoms with Gasteiger partial charge in [-0.1, -0.05) is 36.4 Å². The molecule has 2 aliphatic carbocycles. The van der Waals surface area contributed by atoms with Crippen LogP contribution in [-0.2, 0) is 16.6 Å². The van der Waals surface area contributed by atoms with Gasteiger partial charge in [0.1, 0.15) is 0 Å². The molecule has 2 atom stereocenters. The number of carbonyl (C=O) groups excluding carboxylic acids is 1. The molecule has 0 saturated carbocycles. The molecule has 0 amide bonds. The molecule has 18 heavy (non-hydrogen) atoms. The van der Waals surface area contributed by atoms with Gasteiger partial charge in [-0.05, 0) is 42.2 Å². The summed E-state index contributed by atoms with van der Waals surface area (Å²) in [6, 6.07) is 8.77. The first-order chi connectivity index (χ1) is 8.82. The smallest absolute Gasteiger partial charge is 0.170 e. The maximum atomic E-state index is 12.6. The molecule has 2 heteroatoms. The number of nitrogens with one attached hydrogen (secondary N) is 1. The summed E-state index contributed by atoms with van der Waals surface area (Å²) in [6.07, 6.45) is 7.69. The Labute approximate surface area is 106 Å². The second-order valence-electron chi connectivity index (χ2n) is 5.37. The highest BCUT2D eigenvalue weighted by molar-refractivity contribution is 6.04. The fraction of sp³-hybridized carbons (Fsp3) is 0.312. The number of benzene rings is 1. The molecule has 0 unspecified atom stereocenters. The summed E-state index contributed by atoms with van der Waals surface area (Å²) in [5.74, 6) is 0.263. The number of allylic oxidation sites excluding steroid dienone is 3. The lowest BCUT2D eigenvalue weighted by Gasteiger charge is -2.48. The summed E-state index contributed by atoms with van der Waals surface area (Å²) in [5.41, 5.74) is 3.48. The minimum Gasteiger partial charge on any atom is -0.310 e. The summed E-state index contributed by atoms with van der Waals surface area (Å²) in [7, 11) is 0. The number of hydrogen-bond donors (Lipinski definition) is 1. The van der Waals surface area contributed by atoms with Crippen LogP contribution >= 0.6 is 0 Å². The van der Waals surface area contributed by atoms with E-state index in [0.29, 0.717) is 6.04 Å². The van der Waals surface area contributed by atoms with Crippen molar-refractivity contribution >= 4 is 5.78 Å². The molecule has 0 radical (unpaired) electrons. The van der Waals surface area contributed by atoms with Crippen LogP contribution in [0.2, 0.25) is 0 Å². The normalized spacial score (nSPS) is 32.6. The van der Waals surface area contributed by atoms with E-state index in [9.17, 15) is 4.79 Å². The second kappa shape index (κ2) is 3.42. The molecular formula is C16H15NO. The van der Waals surface area contributed by atoms with Gasteiger partial charge in [0, 0.05) is 6.04 Å². The second-order valence-corrected chi connectivity index (χ2v) is 5.37. The lowest BCUT2D eigenvalue weighted by molar-refractivity contribution is -0.119. The number of ketones is 1. The van der Waals surface area contributed by atoms with Crippen molar-refractivity contribution in [1.82, 2.24) is 5.32 Å². The van der Waals surface area contributed by atoms with Gasteiger partial charge in [-0.3, -0.25) is 4.79 Å². The van der Waals surface area contributed by atoms with Crippen LogP contribution in [-0.4, -0.2) is 18.4 Å². The first-order valence-electron chi connectivity index (χ1n) is 6.57. The molecule has 1 heterocycles. The van der Waals surface area contributed by atoms with Crippen LogP contribution in [0.1, 0.15) is 17.5 Å². The molecule has 4 rings (SSSR count). The lowest BCUT2D eigenvalue weighted by Crippen LogP contribution is -2.56. The minimum absolute atomic E-state index is 0.263. The first-order valence-corrected chi connectivity index (χ1v) is 6.57. The Bertz CT molecular complexity index is 599. The quantitative estimate of drug-likeness (QED) is 0.746. The molecule has 0 aromatic heterocycles. The van der Waals surface area contributed by atoms with E-state index in [4.69, 9.17) is 0 Å². The van der Waals surface area contributed by atoms with E-state index in [1.165, 1.54) is 16.7 Å². The van der Waals surface area contributed by atoms with Crippen molar-refractivity contribution in [3.8, 4) is 0 Å². The Kier molecular flexibility index (Phi) is 1.95. The van der Waals surface area contributed by atoms with Crippen LogP contribution in [0, 0.1) is 0 Å². The Hall–Kier alpha value is -1.67. The molecule has 1 aliphatic heterocycles. The highest BCUT2D eigenvalue weighted by atomic mass is 16.1. The Morgan fingerprint density at radius 2 is 2.17 bits per heavy atom. The van der Waals surface area contributed by atoms with Crippen molar-refractivity contribution in [2.75, 3.05) is 6.54 Å². The van der Waals surface area contributed by atoms with Crippen LogP contribution in [0.4, 0.5) is 0 Å². The number of carbonyl (C=O) groups is 1. The summed E-state index contributed by atoms with van der Waals surface area (Å²) < 4.78 is 0. The number of fused-ring (bicyclic) bond motifs is 1. The van der Waals surface area contributed by atoms with Crippen molar-refractivity contribution < 1.29 is 4.79 Å². The van der Waals surface area contributed by atoms with Gasteiger partial charge in [0.25, 0.3) is 0 Å². The Morgan fingerprint density at radius 3 is 3.11 bits per heavy atom. The Morgan fingerprint density at radius 1 is 1.28 bits per heavy atom. The molecule has 1 saturated heterocycles. The third kappa shape index (κ3) is 1.09. The Balaban J connectivity index is 2.05. The number of piperidine rings is 1. The molecule has 0 spiro atoms. The number of hydrogen-bond acceptors (Lipinski definition) is 2. The molecule has 1 aromatic rings. The van der Waals surface area contributed by atoms with Crippen molar-refractivity contribution in [2.45, 2.75) is 24.3 Å². The fourth-order valence-corrected chi connectivity index (χ4v) is 3.83. The average Bonchev–Trinajstić information content (AvgIpc) is 2.39. The van der Waals surface area contributed by atoms with E-state index < -0.39 is 0 Å². The first kappa shape index (κ1) is 10.3. The summed E-state index contributed by atoms with van der Waals surface area (Å²) in [5, 5.41) is 3.55. The molecule has 2 nitrogen and oxygen atoms in total. The largest absolute Gasteiger partial charge is 0.310 e. The maximum Gasteiger partial charge on any atom is 0.170 e. The van der Waals surface area contributed by atoms with Crippen LogP contribution < -0.4 is 5.32 Å². The van der Waals surface area contributed by atoms with E-state index >= 15 is 0 Å². The van der Waals surface area contributed by atoms with Crippen molar-refractivity contribution in [3.05, 3.63) is 59.2 Å². The van der Waals surface area contributed by atoms with Gasteiger partial charge in [-0.25, -0.2) is 0 Å². The molecule has 1 aromatic carbocycles. The molecular weight excluding hydrogens is 222 g/mol. The van der Waals surface area contributed by atoms with Crippen molar-refractivity contribution in [2.24, 2.45) is 0 Å². The van der Waals surface area contributed by atoms with Crippen molar-refractivity contribution in [1.29, 1.82) is 0 Å². The molecule has 2 bridgehead atoms. The average molecular weight is 237 g/mol. The zero-order valence-corrected chi connectivity index (χ0v) is 10.1. The predicted molar refractivity (Wildman–Crippen MR) is 70.5 cm³/mol.